The third-order valence-corrected chi connectivity index (χ3v) is 5.72. The fourth-order valence-electron chi connectivity index (χ4n) is 3.83. The highest BCUT2D eigenvalue weighted by Gasteiger charge is 2.14. The quantitative estimate of drug-likeness (QED) is 0.426. The topological polar surface area (TPSA) is 91.9 Å². The molecule has 1 aromatic carbocycles. The van der Waals surface area contributed by atoms with Crippen LogP contribution < -0.4 is 15.6 Å². The predicted octanol–water partition coefficient (Wildman–Crippen LogP) is 3.56. The number of amides is 1. The molecular formula is C21H24N4O3S. The van der Waals surface area contributed by atoms with Crippen molar-refractivity contribution in [3.05, 3.63) is 45.0 Å². The van der Waals surface area contributed by atoms with Crippen LogP contribution in [0.25, 0.3) is 21.9 Å². The number of fused-ring (bicyclic) bond motifs is 3. The van der Waals surface area contributed by atoms with Crippen molar-refractivity contribution in [2.24, 2.45) is 0 Å². The van der Waals surface area contributed by atoms with E-state index in [2.05, 4.69) is 21.4 Å². The van der Waals surface area contributed by atoms with Gasteiger partial charge >= 0.3 is 0 Å². The SMILES string of the molecule is COc1ccc2[nH]c3c(=O)n(CC(=O)NCCC4=CCCCC4)c(=S)[nH]c3c2c1. The first-order chi connectivity index (χ1) is 14.1. The second-order valence-corrected chi connectivity index (χ2v) is 7.70. The van der Waals surface area contributed by atoms with Crippen LogP contribution in [-0.2, 0) is 11.3 Å². The third kappa shape index (κ3) is 3.98. The minimum absolute atomic E-state index is 0.109. The number of benzene rings is 1. The van der Waals surface area contributed by atoms with E-state index in [1.54, 1.807) is 7.11 Å². The van der Waals surface area contributed by atoms with E-state index in [1.165, 1.54) is 23.0 Å². The molecule has 0 fully saturated rings. The van der Waals surface area contributed by atoms with Crippen molar-refractivity contribution in [1.82, 2.24) is 19.9 Å². The van der Waals surface area contributed by atoms with E-state index in [0.717, 1.165) is 30.2 Å². The molecule has 3 N–H and O–H groups in total. The Labute approximate surface area is 172 Å². The van der Waals surface area contributed by atoms with Crippen LogP contribution in [0.4, 0.5) is 0 Å². The van der Waals surface area contributed by atoms with Gasteiger partial charge in [0.05, 0.1) is 12.6 Å². The zero-order valence-electron chi connectivity index (χ0n) is 16.3. The van der Waals surface area contributed by atoms with Crippen molar-refractivity contribution in [3.63, 3.8) is 0 Å². The molecule has 7 nitrogen and oxygen atoms in total. The van der Waals surface area contributed by atoms with Gasteiger partial charge in [0.2, 0.25) is 5.91 Å². The van der Waals surface area contributed by atoms with E-state index >= 15 is 0 Å². The van der Waals surface area contributed by atoms with Gasteiger partial charge in [0, 0.05) is 17.4 Å². The summed E-state index contributed by atoms with van der Waals surface area (Å²) in [7, 11) is 1.59. The Balaban J connectivity index is 1.55. The molecule has 152 valence electrons. The van der Waals surface area contributed by atoms with Crippen molar-refractivity contribution < 1.29 is 9.53 Å². The maximum absolute atomic E-state index is 13.0. The number of aromatic amines is 2. The van der Waals surface area contributed by atoms with Gasteiger partial charge < -0.3 is 20.0 Å². The summed E-state index contributed by atoms with van der Waals surface area (Å²) in [6, 6.07) is 5.51. The molecule has 0 radical (unpaired) electrons. The van der Waals surface area contributed by atoms with Crippen LogP contribution in [0.3, 0.4) is 0 Å². The number of carbonyl (C=O) groups excluding carboxylic acids is 1. The van der Waals surface area contributed by atoms with Gasteiger partial charge in [-0.2, -0.15) is 0 Å². The van der Waals surface area contributed by atoms with E-state index in [9.17, 15) is 9.59 Å². The largest absolute Gasteiger partial charge is 0.497 e. The van der Waals surface area contributed by atoms with Crippen molar-refractivity contribution in [1.29, 1.82) is 0 Å². The molecule has 2 heterocycles. The summed E-state index contributed by atoms with van der Waals surface area (Å²) in [6.07, 6.45) is 7.85. The predicted molar refractivity (Wildman–Crippen MR) is 116 cm³/mol. The van der Waals surface area contributed by atoms with Crippen LogP contribution in [0.2, 0.25) is 0 Å². The molecule has 0 saturated carbocycles. The van der Waals surface area contributed by atoms with Gasteiger partial charge in [-0.3, -0.25) is 14.2 Å². The Morgan fingerprint density at radius 2 is 2.14 bits per heavy atom. The van der Waals surface area contributed by atoms with Gasteiger partial charge in [-0.05, 0) is 62.5 Å². The lowest BCUT2D eigenvalue weighted by Crippen LogP contribution is -2.33. The van der Waals surface area contributed by atoms with Crippen molar-refractivity contribution >= 4 is 40.1 Å². The number of carbonyl (C=O) groups is 1. The molecule has 0 bridgehead atoms. The normalized spacial score (nSPS) is 14.2. The van der Waals surface area contributed by atoms with Crippen LogP contribution in [0.1, 0.15) is 32.1 Å². The fraction of sp³-hybridized carbons (Fsp3) is 0.381. The lowest BCUT2D eigenvalue weighted by atomic mass is 9.97. The van der Waals surface area contributed by atoms with E-state index in [0.29, 0.717) is 23.3 Å². The smallest absolute Gasteiger partial charge is 0.279 e. The minimum Gasteiger partial charge on any atom is -0.497 e. The van der Waals surface area contributed by atoms with E-state index in [4.69, 9.17) is 17.0 Å². The van der Waals surface area contributed by atoms with Gasteiger partial charge in [0.25, 0.3) is 5.56 Å². The van der Waals surface area contributed by atoms with Crippen LogP contribution in [0.15, 0.2) is 34.6 Å². The molecule has 8 heteroatoms. The molecule has 4 rings (SSSR count). The molecule has 1 amide bonds. The second kappa shape index (κ2) is 8.24. The number of aromatic nitrogens is 3. The number of hydrogen-bond acceptors (Lipinski definition) is 4. The monoisotopic (exact) mass is 412 g/mol. The number of H-pyrrole nitrogens is 2. The van der Waals surface area contributed by atoms with E-state index in [1.807, 2.05) is 18.2 Å². The number of nitrogens with one attached hydrogen (secondary N) is 3. The van der Waals surface area contributed by atoms with Crippen LogP contribution in [-0.4, -0.2) is 34.1 Å². The fourth-order valence-corrected chi connectivity index (χ4v) is 4.08. The maximum Gasteiger partial charge on any atom is 0.279 e. The molecule has 0 aliphatic heterocycles. The lowest BCUT2D eigenvalue weighted by Gasteiger charge is -2.13. The molecule has 0 saturated heterocycles. The Kier molecular flexibility index (Phi) is 5.53. The van der Waals surface area contributed by atoms with Crippen LogP contribution in [0, 0.1) is 4.77 Å². The average Bonchev–Trinajstić information content (AvgIpc) is 3.09. The zero-order chi connectivity index (χ0) is 20.4. The first-order valence-electron chi connectivity index (χ1n) is 9.84. The first-order valence-corrected chi connectivity index (χ1v) is 10.2. The van der Waals surface area contributed by atoms with Gasteiger partial charge in [0.15, 0.2) is 4.77 Å². The summed E-state index contributed by atoms with van der Waals surface area (Å²) < 4.78 is 6.77. The minimum atomic E-state index is -0.316. The summed E-state index contributed by atoms with van der Waals surface area (Å²) in [5, 5.41) is 3.72. The lowest BCUT2D eigenvalue weighted by molar-refractivity contribution is -0.121. The summed E-state index contributed by atoms with van der Waals surface area (Å²) in [5.74, 6) is 0.467. The molecule has 0 atom stereocenters. The number of nitrogens with zero attached hydrogens (tertiary/aromatic N) is 1. The molecule has 1 aliphatic carbocycles. The molecule has 1 aliphatic rings. The molecule has 0 unspecified atom stereocenters. The number of allylic oxidation sites excluding steroid dienone is 1. The summed E-state index contributed by atoms with van der Waals surface area (Å²) >= 11 is 5.36. The van der Waals surface area contributed by atoms with Crippen molar-refractivity contribution in [2.75, 3.05) is 13.7 Å². The highest BCUT2D eigenvalue weighted by Crippen LogP contribution is 2.25. The summed E-state index contributed by atoms with van der Waals surface area (Å²) in [6.45, 7) is 0.464. The highest BCUT2D eigenvalue weighted by molar-refractivity contribution is 7.71. The number of methoxy groups -OCH3 is 1. The Bertz CT molecular complexity index is 1220. The van der Waals surface area contributed by atoms with E-state index < -0.39 is 0 Å². The Morgan fingerprint density at radius 3 is 2.90 bits per heavy atom. The number of ether oxygens (including phenoxy) is 1. The number of hydrogen-bond donors (Lipinski definition) is 3. The van der Waals surface area contributed by atoms with Gasteiger partial charge in [0.1, 0.15) is 17.8 Å². The summed E-state index contributed by atoms with van der Waals surface area (Å²) in [4.78, 5) is 31.5. The second-order valence-electron chi connectivity index (χ2n) is 7.32. The first kappa shape index (κ1) is 19.4. The Morgan fingerprint density at radius 1 is 1.28 bits per heavy atom. The van der Waals surface area contributed by atoms with Gasteiger partial charge in [-0.25, -0.2) is 0 Å². The molecule has 0 spiro atoms. The van der Waals surface area contributed by atoms with Gasteiger partial charge in [-0.1, -0.05) is 11.6 Å². The van der Waals surface area contributed by atoms with Crippen molar-refractivity contribution in [3.8, 4) is 5.75 Å². The average molecular weight is 413 g/mol. The molecule has 29 heavy (non-hydrogen) atoms. The van der Waals surface area contributed by atoms with E-state index in [-0.39, 0.29) is 22.8 Å². The molecule has 2 aromatic heterocycles. The van der Waals surface area contributed by atoms with Gasteiger partial charge in [-0.15, -0.1) is 0 Å². The Hall–Kier alpha value is -2.87. The van der Waals surface area contributed by atoms with Crippen LogP contribution >= 0.6 is 12.2 Å². The standard InChI is InChI=1S/C21H24N4O3S/c1-28-14-7-8-16-15(11-14)18-19(23-16)20(27)25(21(29)24-18)12-17(26)22-10-9-13-5-3-2-4-6-13/h5,7-8,11,23H,2-4,6,9-10,12H2,1H3,(H,22,26)(H,24,29). The highest BCUT2D eigenvalue weighted by atomic mass is 32.1. The third-order valence-electron chi connectivity index (χ3n) is 5.40. The molecule has 3 aromatic rings. The zero-order valence-corrected chi connectivity index (χ0v) is 17.2. The van der Waals surface area contributed by atoms with Crippen molar-refractivity contribution in [2.45, 2.75) is 38.6 Å². The molecular weight excluding hydrogens is 388 g/mol. The maximum atomic E-state index is 13.0. The van der Waals surface area contributed by atoms with Crippen LogP contribution in [0.5, 0.6) is 5.75 Å². The number of rotatable bonds is 6. The summed E-state index contributed by atoms with van der Waals surface area (Å²) in [5.41, 5.74) is 2.90.